The minimum atomic E-state index is -1.27. The van der Waals surface area contributed by atoms with Gasteiger partial charge in [0.05, 0.1) is 19.0 Å². The Bertz CT molecular complexity index is 676. The number of nitrogens with one attached hydrogen (secondary N) is 1. The van der Waals surface area contributed by atoms with E-state index < -0.39 is 48.7 Å². The Morgan fingerprint density at radius 1 is 1.19 bits per heavy atom. The molecule has 26 heavy (non-hydrogen) atoms. The number of carboxylic acids is 1. The fourth-order valence-corrected chi connectivity index (χ4v) is 2.18. The zero-order valence-electron chi connectivity index (χ0n) is 14.2. The number of aliphatic carboxylic acids is 1. The molecule has 0 aromatic heterocycles. The summed E-state index contributed by atoms with van der Waals surface area (Å²) in [4.78, 5) is 47.0. The highest BCUT2D eigenvalue weighted by Crippen LogP contribution is 2.11. The molecular weight excluding hydrogens is 344 g/mol. The van der Waals surface area contributed by atoms with Crippen molar-refractivity contribution in [2.75, 3.05) is 13.6 Å². The van der Waals surface area contributed by atoms with Crippen LogP contribution < -0.4 is 16.8 Å². The maximum absolute atomic E-state index is 12.1. The number of nitrogens with zero attached hydrogens (tertiary/aromatic N) is 1. The molecule has 1 aromatic rings. The second kappa shape index (κ2) is 9.37. The Balaban J connectivity index is 2.64. The number of rotatable bonds is 9. The molecule has 0 radical (unpaired) electrons. The van der Waals surface area contributed by atoms with Crippen molar-refractivity contribution >= 4 is 23.7 Å². The van der Waals surface area contributed by atoms with Crippen molar-refractivity contribution in [3.05, 3.63) is 29.8 Å². The smallest absolute Gasteiger partial charge is 0.305 e. The number of carbonyl (C=O) groups excluding carboxylic acids is 3. The molecule has 2 atom stereocenters. The number of carboxylic acid groups (broad SMARTS) is 1. The molecule has 0 bridgehead atoms. The first-order valence-electron chi connectivity index (χ1n) is 7.69. The van der Waals surface area contributed by atoms with Crippen LogP contribution in [0.1, 0.15) is 12.0 Å². The number of carbonyl (C=O) groups is 4. The van der Waals surface area contributed by atoms with Gasteiger partial charge in [0.2, 0.25) is 17.7 Å². The predicted molar refractivity (Wildman–Crippen MR) is 90.8 cm³/mol. The van der Waals surface area contributed by atoms with Crippen LogP contribution in [-0.2, 0) is 25.6 Å². The quantitative estimate of drug-likeness (QED) is 0.341. The monoisotopic (exact) mass is 366 g/mol. The second-order valence-electron chi connectivity index (χ2n) is 5.79. The van der Waals surface area contributed by atoms with Crippen LogP contribution in [0.3, 0.4) is 0 Å². The third-order valence-electron chi connectivity index (χ3n) is 3.52. The van der Waals surface area contributed by atoms with Crippen molar-refractivity contribution in [3.63, 3.8) is 0 Å². The van der Waals surface area contributed by atoms with Crippen molar-refractivity contribution in [2.24, 2.45) is 11.5 Å². The molecule has 0 fully saturated rings. The molecule has 0 aliphatic carbocycles. The summed E-state index contributed by atoms with van der Waals surface area (Å²) in [6.07, 6.45) is -0.451. The molecule has 1 aromatic carbocycles. The minimum Gasteiger partial charge on any atom is -0.508 e. The fraction of sp³-hybridized carbons (Fsp3) is 0.375. The molecule has 0 spiro atoms. The van der Waals surface area contributed by atoms with E-state index in [9.17, 15) is 24.3 Å². The summed E-state index contributed by atoms with van der Waals surface area (Å²) in [7, 11) is 1.29. The van der Waals surface area contributed by atoms with Crippen molar-refractivity contribution in [3.8, 4) is 5.75 Å². The van der Waals surface area contributed by atoms with Gasteiger partial charge in [0, 0.05) is 13.5 Å². The Hall–Kier alpha value is -3.14. The molecule has 3 amide bonds. The van der Waals surface area contributed by atoms with Crippen molar-refractivity contribution < 1.29 is 29.4 Å². The van der Waals surface area contributed by atoms with Crippen molar-refractivity contribution in [2.45, 2.75) is 24.9 Å². The number of primary amides is 1. The first kappa shape index (κ1) is 20.9. The highest BCUT2D eigenvalue weighted by Gasteiger charge is 2.24. The van der Waals surface area contributed by atoms with Gasteiger partial charge in [0.1, 0.15) is 11.8 Å². The first-order chi connectivity index (χ1) is 12.1. The molecule has 0 heterocycles. The molecule has 142 valence electrons. The maximum Gasteiger partial charge on any atom is 0.305 e. The topological polar surface area (TPSA) is 176 Å². The van der Waals surface area contributed by atoms with E-state index in [4.69, 9.17) is 16.6 Å². The molecule has 10 heteroatoms. The van der Waals surface area contributed by atoms with E-state index in [-0.39, 0.29) is 12.2 Å². The average Bonchev–Trinajstić information content (AvgIpc) is 2.54. The van der Waals surface area contributed by atoms with Crippen LogP contribution in [0.4, 0.5) is 0 Å². The van der Waals surface area contributed by atoms with E-state index in [0.29, 0.717) is 5.56 Å². The minimum absolute atomic E-state index is 0.0613. The molecule has 0 aliphatic rings. The third-order valence-corrected chi connectivity index (χ3v) is 3.52. The Labute approximate surface area is 149 Å². The predicted octanol–water partition coefficient (Wildman–Crippen LogP) is -1.83. The van der Waals surface area contributed by atoms with Crippen LogP contribution in [0, 0.1) is 0 Å². The Morgan fingerprint density at radius 3 is 2.27 bits per heavy atom. The maximum atomic E-state index is 12.1. The van der Waals surface area contributed by atoms with Gasteiger partial charge in [-0.2, -0.15) is 0 Å². The number of aromatic hydroxyl groups is 1. The lowest BCUT2D eigenvalue weighted by molar-refractivity contribution is -0.142. The number of phenols is 1. The van der Waals surface area contributed by atoms with Crippen molar-refractivity contribution in [1.29, 1.82) is 0 Å². The molecule has 0 aliphatic heterocycles. The van der Waals surface area contributed by atoms with Gasteiger partial charge in [0.25, 0.3) is 0 Å². The summed E-state index contributed by atoms with van der Waals surface area (Å²) < 4.78 is 0. The number of nitrogens with two attached hydrogens (primary N) is 2. The SMILES string of the molecule is CN(CC(=O)N[C@@H](Cc1ccc(O)cc1)C(N)=O)C(=O)[C@@H](N)CC(=O)O. The van der Waals surface area contributed by atoms with Gasteiger partial charge in [-0.25, -0.2) is 0 Å². The molecule has 1 rings (SSSR count). The van der Waals surface area contributed by atoms with Crippen LogP contribution in [0.5, 0.6) is 5.75 Å². The average molecular weight is 366 g/mol. The van der Waals surface area contributed by atoms with E-state index in [0.717, 1.165) is 4.90 Å². The molecule has 0 saturated heterocycles. The molecule has 0 saturated carbocycles. The van der Waals surface area contributed by atoms with E-state index >= 15 is 0 Å². The third kappa shape index (κ3) is 6.77. The summed E-state index contributed by atoms with van der Waals surface area (Å²) in [5, 5.41) is 20.3. The van der Waals surface area contributed by atoms with Crippen molar-refractivity contribution in [1.82, 2.24) is 10.2 Å². The van der Waals surface area contributed by atoms with Gasteiger partial charge in [-0.05, 0) is 17.7 Å². The van der Waals surface area contributed by atoms with Gasteiger partial charge < -0.3 is 31.9 Å². The van der Waals surface area contributed by atoms with Gasteiger partial charge in [0.15, 0.2) is 0 Å². The highest BCUT2D eigenvalue weighted by atomic mass is 16.4. The normalized spacial score (nSPS) is 12.7. The first-order valence-corrected chi connectivity index (χ1v) is 7.69. The van der Waals surface area contributed by atoms with Gasteiger partial charge in [-0.15, -0.1) is 0 Å². The number of amides is 3. The Kier molecular flexibility index (Phi) is 7.53. The number of likely N-dealkylation sites (N-methyl/N-ethyl adjacent to an activating group) is 1. The lowest BCUT2D eigenvalue weighted by Crippen LogP contribution is -2.51. The summed E-state index contributed by atoms with van der Waals surface area (Å²) in [6, 6.07) is 3.75. The largest absolute Gasteiger partial charge is 0.508 e. The van der Waals surface area contributed by atoms with Crippen LogP contribution in [-0.4, -0.2) is 64.5 Å². The summed E-state index contributed by atoms with van der Waals surface area (Å²) in [6.45, 7) is -0.411. The number of hydrogen-bond donors (Lipinski definition) is 5. The highest BCUT2D eigenvalue weighted by molar-refractivity contribution is 5.91. The van der Waals surface area contributed by atoms with Crippen LogP contribution >= 0.6 is 0 Å². The molecule has 7 N–H and O–H groups in total. The van der Waals surface area contributed by atoms with Gasteiger partial charge in [-0.3, -0.25) is 19.2 Å². The zero-order chi connectivity index (χ0) is 19.9. The molecule has 10 nitrogen and oxygen atoms in total. The lowest BCUT2D eigenvalue weighted by atomic mass is 10.1. The van der Waals surface area contributed by atoms with Gasteiger partial charge >= 0.3 is 5.97 Å². The number of phenolic OH excluding ortho intramolecular Hbond substituents is 1. The second-order valence-corrected chi connectivity index (χ2v) is 5.79. The van der Waals surface area contributed by atoms with Crippen LogP contribution in [0.25, 0.3) is 0 Å². The fourth-order valence-electron chi connectivity index (χ4n) is 2.18. The van der Waals surface area contributed by atoms with E-state index in [1.165, 1.54) is 19.2 Å². The van der Waals surface area contributed by atoms with Crippen LogP contribution in [0.15, 0.2) is 24.3 Å². The van der Waals surface area contributed by atoms with E-state index in [2.05, 4.69) is 5.32 Å². The summed E-state index contributed by atoms with van der Waals surface area (Å²) >= 11 is 0. The number of benzene rings is 1. The summed E-state index contributed by atoms with van der Waals surface area (Å²) in [5.74, 6) is -3.29. The standard InChI is InChI=1S/C16H22N4O6/c1-20(16(26)11(17)7-14(23)24)8-13(22)19-12(15(18)25)6-9-2-4-10(21)5-3-9/h2-5,11-12,21H,6-8,17H2,1H3,(H2,18,25)(H,19,22)(H,23,24)/t11-,12-/m0/s1. The zero-order valence-corrected chi connectivity index (χ0v) is 14.2. The Morgan fingerprint density at radius 2 is 1.77 bits per heavy atom. The summed E-state index contributed by atoms with van der Waals surface area (Å²) in [5.41, 5.74) is 11.4. The van der Waals surface area contributed by atoms with E-state index in [1.807, 2.05) is 0 Å². The molecular formula is C16H22N4O6. The van der Waals surface area contributed by atoms with Crippen LogP contribution in [0.2, 0.25) is 0 Å². The van der Waals surface area contributed by atoms with Gasteiger partial charge in [-0.1, -0.05) is 12.1 Å². The van der Waals surface area contributed by atoms with E-state index in [1.54, 1.807) is 12.1 Å². The number of hydrogen-bond acceptors (Lipinski definition) is 6. The molecule has 0 unspecified atom stereocenters. The lowest BCUT2D eigenvalue weighted by Gasteiger charge is -2.22.